The van der Waals surface area contributed by atoms with Crippen molar-refractivity contribution in [1.82, 2.24) is 0 Å². The van der Waals surface area contributed by atoms with Crippen molar-refractivity contribution in [3.63, 3.8) is 0 Å². The summed E-state index contributed by atoms with van der Waals surface area (Å²) in [6, 6.07) is 0. The molecule has 0 aromatic heterocycles. The average Bonchev–Trinajstić information content (AvgIpc) is 2.33. The van der Waals surface area contributed by atoms with Crippen molar-refractivity contribution in [3.8, 4) is 0 Å². The topological polar surface area (TPSA) is 87.0 Å². The number of phosphoric ester groups is 1. The van der Waals surface area contributed by atoms with Gasteiger partial charge < -0.3 is 14.9 Å². The van der Waals surface area contributed by atoms with Crippen molar-refractivity contribution in [3.05, 3.63) is 0 Å². The van der Waals surface area contributed by atoms with Gasteiger partial charge in [0.25, 0.3) is 0 Å². The Labute approximate surface area is 144 Å². The molecule has 0 heterocycles. The standard InChI is InChI=1S/C13H27Br2O5P/c1-2-3-10-13(16,20-21(17,18)19)11-8-6-4-5-7-9-12(14)15/h12,16H,2-11H2,1H3,(H2,17,18,19). The van der Waals surface area contributed by atoms with E-state index in [1.165, 1.54) is 0 Å². The highest BCUT2D eigenvalue weighted by atomic mass is 79.9. The molecule has 0 radical (unpaired) electrons. The Hall–Kier alpha value is 1.03. The Kier molecular flexibility index (Phi) is 12.1. The highest BCUT2D eigenvalue weighted by Crippen LogP contribution is 2.43. The molecule has 0 aromatic carbocycles. The first-order valence-electron chi connectivity index (χ1n) is 7.45. The van der Waals surface area contributed by atoms with Gasteiger partial charge in [0.05, 0.1) is 3.74 Å². The second kappa shape index (κ2) is 11.5. The molecule has 21 heavy (non-hydrogen) atoms. The predicted molar refractivity (Wildman–Crippen MR) is 91.6 cm³/mol. The molecule has 8 heteroatoms. The first kappa shape index (κ1) is 22.0. The summed E-state index contributed by atoms with van der Waals surface area (Å²) in [6.07, 6.45) is 8.01. The van der Waals surface area contributed by atoms with E-state index in [0.29, 0.717) is 16.6 Å². The predicted octanol–water partition coefficient (Wildman–Crippen LogP) is 4.82. The van der Waals surface area contributed by atoms with E-state index in [1.54, 1.807) is 0 Å². The van der Waals surface area contributed by atoms with Crippen LogP contribution < -0.4 is 0 Å². The third-order valence-electron chi connectivity index (χ3n) is 3.20. The van der Waals surface area contributed by atoms with E-state index < -0.39 is 13.6 Å². The minimum Gasteiger partial charge on any atom is -0.365 e. The number of alkyl halides is 2. The Balaban J connectivity index is 3.98. The fraction of sp³-hybridized carbons (Fsp3) is 1.00. The van der Waals surface area contributed by atoms with Gasteiger partial charge in [0.15, 0.2) is 5.79 Å². The number of phosphoric acid groups is 1. The largest absolute Gasteiger partial charge is 0.472 e. The Bertz CT molecular complexity index is 311. The van der Waals surface area contributed by atoms with Crippen molar-refractivity contribution in [2.45, 2.75) is 80.7 Å². The summed E-state index contributed by atoms with van der Waals surface area (Å²) in [5.74, 6) is -1.70. The lowest BCUT2D eigenvalue weighted by Gasteiger charge is -2.28. The molecular weight excluding hydrogens is 427 g/mol. The first-order chi connectivity index (χ1) is 9.68. The molecular formula is C13H27Br2O5P. The summed E-state index contributed by atoms with van der Waals surface area (Å²) in [5.41, 5.74) is 0. The van der Waals surface area contributed by atoms with Gasteiger partial charge in [-0.3, -0.25) is 4.52 Å². The van der Waals surface area contributed by atoms with Gasteiger partial charge in [0.2, 0.25) is 0 Å². The van der Waals surface area contributed by atoms with Crippen molar-refractivity contribution in [2.24, 2.45) is 0 Å². The Morgan fingerprint density at radius 1 is 1.05 bits per heavy atom. The Morgan fingerprint density at radius 3 is 2.10 bits per heavy atom. The summed E-state index contributed by atoms with van der Waals surface area (Å²) in [7, 11) is -4.67. The molecule has 0 saturated carbocycles. The SMILES string of the molecule is CCCCC(O)(CCCCCCCC(Br)Br)OP(=O)(O)O. The lowest BCUT2D eigenvalue weighted by Crippen LogP contribution is -2.31. The van der Waals surface area contributed by atoms with Crippen LogP contribution in [-0.2, 0) is 9.09 Å². The van der Waals surface area contributed by atoms with Gasteiger partial charge in [-0.15, -0.1) is 0 Å². The van der Waals surface area contributed by atoms with E-state index in [1.807, 2.05) is 6.92 Å². The zero-order valence-electron chi connectivity index (χ0n) is 12.5. The minimum absolute atomic E-state index is 0.253. The summed E-state index contributed by atoms with van der Waals surface area (Å²) < 4.78 is 15.9. The normalized spacial score (nSPS) is 15.4. The van der Waals surface area contributed by atoms with Gasteiger partial charge in [0, 0.05) is 12.8 Å². The van der Waals surface area contributed by atoms with Crippen LogP contribution in [0.1, 0.15) is 71.1 Å². The Morgan fingerprint density at radius 2 is 1.57 bits per heavy atom. The van der Waals surface area contributed by atoms with Gasteiger partial charge in [-0.1, -0.05) is 70.9 Å². The zero-order valence-corrected chi connectivity index (χ0v) is 16.6. The molecule has 1 atom stereocenters. The van der Waals surface area contributed by atoms with Crippen LogP contribution in [0.3, 0.4) is 0 Å². The van der Waals surface area contributed by atoms with Crippen molar-refractivity contribution in [2.75, 3.05) is 0 Å². The van der Waals surface area contributed by atoms with Crippen molar-refractivity contribution < 1.29 is 24.0 Å². The van der Waals surface area contributed by atoms with Crippen molar-refractivity contribution in [1.29, 1.82) is 0 Å². The monoisotopic (exact) mass is 452 g/mol. The molecule has 1 unspecified atom stereocenters. The van der Waals surface area contributed by atoms with E-state index in [2.05, 4.69) is 36.4 Å². The molecule has 5 nitrogen and oxygen atoms in total. The van der Waals surface area contributed by atoms with Crippen LogP contribution in [0.25, 0.3) is 0 Å². The third-order valence-corrected chi connectivity index (χ3v) is 4.69. The molecule has 0 aliphatic heterocycles. The number of unbranched alkanes of at least 4 members (excludes halogenated alkanes) is 5. The number of hydrogen-bond acceptors (Lipinski definition) is 3. The summed E-state index contributed by atoms with van der Waals surface area (Å²) >= 11 is 6.86. The molecule has 128 valence electrons. The molecule has 0 aliphatic carbocycles. The maximum absolute atomic E-state index is 11.0. The summed E-state index contributed by atoms with van der Waals surface area (Å²) in [4.78, 5) is 17.8. The molecule has 0 saturated heterocycles. The molecule has 0 fully saturated rings. The lowest BCUT2D eigenvalue weighted by atomic mass is 10.0. The fourth-order valence-electron chi connectivity index (χ4n) is 2.12. The number of rotatable bonds is 13. The van der Waals surface area contributed by atoms with Gasteiger partial charge in [-0.2, -0.15) is 0 Å². The van der Waals surface area contributed by atoms with E-state index in [4.69, 9.17) is 9.79 Å². The molecule has 0 rings (SSSR count). The van der Waals surface area contributed by atoms with Crippen LogP contribution in [0.15, 0.2) is 0 Å². The molecule has 0 spiro atoms. The van der Waals surface area contributed by atoms with Crippen LogP contribution in [0.2, 0.25) is 0 Å². The zero-order chi connectivity index (χ0) is 16.4. The van der Waals surface area contributed by atoms with E-state index >= 15 is 0 Å². The summed E-state index contributed by atoms with van der Waals surface area (Å²) in [5, 5.41) is 10.2. The van der Waals surface area contributed by atoms with Crippen LogP contribution in [0.5, 0.6) is 0 Å². The molecule has 3 N–H and O–H groups in total. The summed E-state index contributed by atoms with van der Waals surface area (Å²) in [6.45, 7) is 1.96. The van der Waals surface area contributed by atoms with Crippen LogP contribution in [0.4, 0.5) is 0 Å². The van der Waals surface area contributed by atoms with Crippen LogP contribution in [0, 0.1) is 0 Å². The maximum atomic E-state index is 11.0. The van der Waals surface area contributed by atoms with Gasteiger partial charge in [-0.05, 0) is 19.3 Å². The van der Waals surface area contributed by atoms with Crippen LogP contribution >= 0.6 is 39.7 Å². The fourth-order valence-corrected chi connectivity index (χ4v) is 3.39. The second-order valence-corrected chi connectivity index (χ2v) is 9.93. The number of halogens is 2. The van der Waals surface area contributed by atoms with Gasteiger partial charge in [-0.25, -0.2) is 4.57 Å². The highest BCUT2D eigenvalue weighted by Gasteiger charge is 2.34. The molecule has 0 aromatic rings. The van der Waals surface area contributed by atoms with Gasteiger partial charge in [0.1, 0.15) is 0 Å². The molecule has 0 bridgehead atoms. The van der Waals surface area contributed by atoms with Crippen LogP contribution in [-0.4, -0.2) is 24.4 Å². The molecule has 0 aliphatic rings. The van der Waals surface area contributed by atoms with Gasteiger partial charge >= 0.3 is 7.82 Å². The van der Waals surface area contributed by atoms with E-state index in [9.17, 15) is 9.67 Å². The average molecular weight is 454 g/mol. The first-order valence-corrected chi connectivity index (χ1v) is 10.8. The lowest BCUT2D eigenvalue weighted by molar-refractivity contribution is -0.161. The minimum atomic E-state index is -4.67. The highest BCUT2D eigenvalue weighted by molar-refractivity contribution is 9.24. The third kappa shape index (κ3) is 14.4. The maximum Gasteiger partial charge on any atom is 0.472 e. The smallest absolute Gasteiger partial charge is 0.365 e. The quantitative estimate of drug-likeness (QED) is 0.161. The number of aliphatic hydroxyl groups is 1. The van der Waals surface area contributed by atoms with E-state index in [0.717, 1.165) is 38.5 Å². The number of hydrogen-bond donors (Lipinski definition) is 3. The van der Waals surface area contributed by atoms with Crippen molar-refractivity contribution >= 4 is 39.7 Å². The second-order valence-electron chi connectivity index (χ2n) is 5.33. The van der Waals surface area contributed by atoms with E-state index in [-0.39, 0.29) is 12.8 Å². The molecule has 0 amide bonds.